The maximum atomic E-state index is 13.5. The standard InChI is InChI=1S/C27H23BrN2O4/c1-16-24(26(31)29-15-21(27(32)33)19-10-6-7-11-23(19)34-2)20-14-18(28)12-13-22(20)30-25(16)17-8-4-3-5-9-17/h3-14,21H,15H2,1-2H3,(H,29,31)(H,32,33)/t21-/m1/s1. The second kappa shape index (κ2) is 10.1. The van der Waals surface area contributed by atoms with E-state index in [2.05, 4.69) is 21.2 Å². The highest BCUT2D eigenvalue weighted by atomic mass is 79.9. The predicted molar refractivity (Wildman–Crippen MR) is 135 cm³/mol. The van der Waals surface area contributed by atoms with Crippen molar-refractivity contribution in [3.63, 3.8) is 0 Å². The van der Waals surface area contributed by atoms with Crippen LogP contribution >= 0.6 is 15.9 Å². The Morgan fingerprint density at radius 3 is 2.47 bits per heavy atom. The van der Waals surface area contributed by atoms with Gasteiger partial charge in [-0.2, -0.15) is 0 Å². The van der Waals surface area contributed by atoms with E-state index in [4.69, 9.17) is 9.72 Å². The molecule has 0 radical (unpaired) electrons. The number of carbonyl (C=O) groups excluding carboxylic acids is 1. The smallest absolute Gasteiger partial charge is 0.312 e. The van der Waals surface area contributed by atoms with Gasteiger partial charge in [-0.25, -0.2) is 4.98 Å². The van der Waals surface area contributed by atoms with Gasteiger partial charge in [-0.3, -0.25) is 9.59 Å². The average molecular weight is 519 g/mol. The van der Waals surface area contributed by atoms with Crippen LogP contribution in [0.3, 0.4) is 0 Å². The van der Waals surface area contributed by atoms with Gasteiger partial charge >= 0.3 is 5.97 Å². The molecule has 0 aliphatic heterocycles. The third-order valence-electron chi connectivity index (χ3n) is 5.74. The summed E-state index contributed by atoms with van der Waals surface area (Å²) in [6.45, 7) is 1.77. The lowest BCUT2D eigenvalue weighted by molar-refractivity contribution is -0.138. The zero-order valence-electron chi connectivity index (χ0n) is 18.7. The van der Waals surface area contributed by atoms with Gasteiger partial charge in [0.15, 0.2) is 0 Å². The Bertz CT molecular complexity index is 1370. The van der Waals surface area contributed by atoms with E-state index in [9.17, 15) is 14.7 Å². The molecular weight excluding hydrogens is 496 g/mol. The van der Waals surface area contributed by atoms with Crippen molar-refractivity contribution in [3.8, 4) is 17.0 Å². The van der Waals surface area contributed by atoms with Crippen molar-refractivity contribution in [2.24, 2.45) is 0 Å². The number of ether oxygens (including phenoxy) is 1. The fraction of sp³-hybridized carbons (Fsp3) is 0.148. The fourth-order valence-electron chi connectivity index (χ4n) is 4.07. The summed E-state index contributed by atoms with van der Waals surface area (Å²) in [4.78, 5) is 30.4. The van der Waals surface area contributed by atoms with Crippen LogP contribution in [-0.4, -0.2) is 35.6 Å². The van der Waals surface area contributed by atoms with Gasteiger partial charge in [-0.1, -0.05) is 64.5 Å². The summed E-state index contributed by atoms with van der Waals surface area (Å²) in [5.74, 6) is -1.91. The van der Waals surface area contributed by atoms with Gasteiger partial charge < -0.3 is 15.2 Å². The molecule has 0 fully saturated rings. The second-order valence-corrected chi connectivity index (χ2v) is 8.75. The lowest BCUT2D eigenvalue weighted by Gasteiger charge is -2.18. The minimum absolute atomic E-state index is 0.0908. The predicted octanol–water partition coefficient (Wildman–Crippen LogP) is 5.58. The van der Waals surface area contributed by atoms with Crippen LogP contribution in [0.2, 0.25) is 0 Å². The first-order chi connectivity index (χ1) is 16.4. The Hall–Kier alpha value is -3.71. The number of halogens is 1. The van der Waals surface area contributed by atoms with Crippen LogP contribution in [0.15, 0.2) is 77.3 Å². The molecule has 0 bridgehead atoms. The number of aliphatic carboxylic acids is 1. The van der Waals surface area contributed by atoms with Crippen molar-refractivity contribution in [1.82, 2.24) is 10.3 Å². The maximum Gasteiger partial charge on any atom is 0.312 e. The van der Waals surface area contributed by atoms with Crippen molar-refractivity contribution in [1.29, 1.82) is 0 Å². The normalized spacial score (nSPS) is 11.7. The molecule has 0 spiro atoms. The molecule has 4 rings (SSSR count). The van der Waals surface area contributed by atoms with E-state index >= 15 is 0 Å². The largest absolute Gasteiger partial charge is 0.496 e. The summed E-state index contributed by atoms with van der Waals surface area (Å²) in [6, 6.07) is 22.2. The molecule has 6 nitrogen and oxygen atoms in total. The van der Waals surface area contributed by atoms with Crippen LogP contribution in [0.25, 0.3) is 22.2 Å². The van der Waals surface area contributed by atoms with Gasteiger partial charge in [0.05, 0.1) is 23.9 Å². The van der Waals surface area contributed by atoms with Crippen LogP contribution in [0.5, 0.6) is 5.75 Å². The number of carboxylic acid groups (broad SMARTS) is 1. The zero-order valence-corrected chi connectivity index (χ0v) is 20.3. The minimum atomic E-state index is -1.05. The Labute approximate surface area is 205 Å². The number of carboxylic acids is 1. The molecule has 0 saturated heterocycles. The van der Waals surface area contributed by atoms with Crippen molar-refractivity contribution in [3.05, 3.63) is 94.0 Å². The number of nitrogens with one attached hydrogen (secondary N) is 1. The molecular formula is C27H23BrN2O4. The summed E-state index contributed by atoms with van der Waals surface area (Å²) >= 11 is 3.48. The van der Waals surface area contributed by atoms with Gasteiger partial charge in [0, 0.05) is 27.5 Å². The van der Waals surface area contributed by atoms with Crippen molar-refractivity contribution in [2.75, 3.05) is 13.7 Å². The molecule has 0 aliphatic rings. The van der Waals surface area contributed by atoms with Gasteiger partial charge in [0.25, 0.3) is 5.91 Å². The van der Waals surface area contributed by atoms with E-state index in [0.29, 0.717) is 33.5 Å². The van der Waals surface area contributed by atoms with Gasteiger partial charge in [-0.05, 0) is 36.8 Å². The van der Waals surface area contributed by atoms with E-state index < -0.39 is 11.9 Å². The summed E-state index contributed by atoms with van der Waals surface area (Å²) in [5, 5.41) is 13.4. The van der Waals surface area contributed by atoms with E-state index in [-0.39, 0.29) is 12.5 Å². The minimum Gasteiger partial charge on any atom is -0.496 e. The number of hydrogen-bond acceptors (Lipinski definition) is 4. The first-order valence-electron chi connectivity index (χ1n) is 10.7. The second-order valence-electron chi connectivity index (χ2n) is 7.83. The van der Waals surface area contributed by atoms with Crippen molar-refractivity contribution < 1.29 is 19.4 Å². The monoisotopic (exact) mass is 518 g/mol. The van der Waals surface area contributed by atoms with Gasteiger partial charge in [0.2, 0.25) is 0 Å². The van der Waals surface area contributed by atoms with Gasteiger partial charge in [0.1, 0.15) is 11.7 Å². The van der Waals surface area contributed by atoms with Crippen LogP contribution in [0, 0.1) is 6.92 Å². The Balaban J connectivity index is 1.75. The molecule has 1 atom stereocenters. The van der Waals surface area contributed by atoms with Crippen LogP contribution < -0.4 is 10.1 Å². The first-order valence-corrected chi connectivity index (χ1v) is 11.5. The zero-order chi connectivity index (χ0) is 24.2. The van der Waals surface area contributed by atoms with Crippen LogP contribution in [0.4, 0.5) is 0 Å². The van der Waals surface area contributed by atoms with Crippen molar-refractivity contribution >= 4 is 38.7 Å². The molecule has 3 aromatic carbocycles. The van der Waals surface area contributed by atoms with E-state index in [1.807, 2.05) is 55.5 Å². The Morgan fingerprint density at radius 1 is 1.06 bits per heavy atom. The molecule has 172 valence electrons. The summed E-state index contributed by atoms with van der Waals surface area (Å²) in [7, 11) is 1.49. The lowest BCUT2D eigenvalue weighted by atomic mass is 9.96. The third kappa shape index (κ3) is 4.65. The van der Waals surface area contributed by atoms with Crippen molar-refractivity contribution in [2.45, 2.75) is 12.8 Å². The number of amides is 1. The molecule has 0 saturated carbocycles. The molecule has 1 aromatic heterocycles. The molecule has 1 amide bonds. The number of carbonyl (C=O) groups is 2. The fourth-order valence-corrected chi connectivity index (χ4v) is 4.43. The average Bonchev–Trinajstić information content (AvgIpc) is 2.84. The number of aromatic nitrogens is 1. The van der Waals surface area contributed by atoms with Crippen LogP contribution in [-0.2, 0) is 4.79 Å². The Morgan fingerprint density at radius 2 is 1.76 bits per heavy atom. The molecule has 7 heteroatoms. The number of nitrogens with zero attached hydrogens (tertiary/aromatic N) is 1. The highest BCUT2D eigenvalue weighted by molar-refractivity contribution is 9.10. The number of para-hydroxylation sites is 1. The number of hydrogen-bond donors (Lipinski definition) is 2. The van der Waals surface area contributed by atoms with Crippen LogP contribution in [0.1, 0.15) is 27.4 Å². The molecule has 0 unspecified atom stereocenters. The lowest BCUT2D eigenvalue weighted by Crippen LogP contribution is -2.32. The molecule has 0 aliphatic carbocycles. The van der Waals surface area contributed by atoms with Gasteiger partial charge in [-0.15, -0.1) is 0 Å². The number of rotatable bonds is 7. The molecule has 4 aromatic rings. The maximum absolute atomic E-state index is 13.5. The highest BCUT2D eigenvalue weighted by Crippen LogP contribution is 2.32. The Kier molecular flexibility index (Phi) is 6.93. The molecule has 34 heavy (non-hydrogen) atoms. The summed E-state index contributed by atoms with van der Waals surface area (Å²) < 4.78 is 6.15. The topological polar surface area (TPSA) is 88.5 Å². The third-order valence-corrected chi connectivity index (χ3v) is 6.24. The number of benzene rings is 3. The van der Waals surface area contributed by atoms with E-state index in [0.717, 1.165) is 15.6 Å². The first kappa shape index (κ1) is 23.4. The van der Waals surface area contributed by atoms with E-state index in [1.165, 1.54) is 7.11 Å². The SMILES string of the molecule is COc1ccccc1[C@@H](CNC(=O)c1c(C)c(-c2ccccc2)nc2ccc(Br)cc12)C(=O)O. The number of fused-ring (bicyclic) bond motifs is 1. The highest BCUT2D eigenvalue weighted by Gasteiger charge is 2.26. The molecule has 1 heterocycles. The quantitative estimate of drug-likeness (QED) is 0.333. The number of pyridine rings is 1. The number of methoxy groups -OCH3 is 1. The molecule has 2 N–H and O–H groups in total. The summed E-state index contributed by atoms with van der Waals surface area (Å²) in [5.41, 5.74) is 3.98. The van der Waals surface area contributed by atoms with E-state index in [1.54, 1.807) is 24.3 Å². The summed E-state index contributed by atoms with van der Waals surface area (Å²) in [6.07, 6.45) is 0.